The van der Waals surface area contributed by atoms with Crippen LogP contribution in [0.15, 0.2) is 40.6 Å². The molecule has 21 heavy (non-hydrogen) atoms. The number of azo groups is 1. The zero-order chi connectivity index (χ0) is 15.1. The van der Waals surface area contributed by atoms with Crippen molar-refractivity contribution in [2.24, 2.45) is 10.2 Å². The standard InChI is InChI=1S/C13H13N3O2S3/c1-9-11(13(21(2,17)18)16-14-8-19-13)20-12(15-9)10-6-4-3-5-7-10/h3-7H,8H2,1-2H3. The Hall–Kier alpha value is -1.25. The second kappa shape index (κ2) is 5.19. The van der Waals surface area contributed by atoms with Crippen LogP contribution in [0.4, 0.5) is 0 Å². The minimum absolute atomic E-state index is 0.352. The molecule has 0 N–H and O–H groups in total. The monoisotopic (exact) mass is 339 g/mol. The van der Waals surface area contributed by atoms with Gasteiger partial charge in [-0.3, -0.25) is 0 Å². The first-order chi connectivity index (χ1) is 9.94. The molecule has 0 spiro atoms. The summed E-state index contributed by atoms with van der Waals surface area (Å²) in [5, 5.41) is 8.74. The minimum Gasteiger partial charge on any atom is -0.241 e. The van der Waals surface area contributed by atoms with E-state index in [1.165, 1.54) is 29.4 Å². The van der Waals surface area contributed by atoms with E-state index in [9.17, 15) is 8.42 Å². The molecule has 1 atom stereocenters. The van der Waals surface area contributed by atoms with E-state index in [2.05, 4.69) is 15.2 Å². The van der Waals surface area contributed by atoms with Gasteiger partial charge in [-0.1, -0.05) is 42.1 Å². The molecule has 0 amide bonds. The number of hydrogen-bond donors (Lipinski definition) is 0. The van der Waals surface area contributed by atoms with Gasteiger partial charge in [0.15, 0.2) is 9.84 Å². The van der Waals surface area contributed by atoms with Gasteiger partial charge in [0.1, 0.15) is 10.9 Å². The first-order valence-electron chi connectivity index (χ1n) is 6.19. The van der Waals surface area contributed by atoms with Crippen LogP contribution in [-0.4, -0.2) is 25.5 Å². The molecule has 110 valence electrons. The summed E-state index contributed by atoms with van der Waals surface area (Å²) < 4.78 is 23.2. The molecule has 8 heteroatoms. The van der Waals surface area contributed by atoms with Gasteiger partial charge in [-0.2, -0.15) is 10.2 Å². The third-order valence-electron chi connectivity index (χ3n) is 3.13. The molecule has 2 heterocycles. The lowest BCUT2D eigenvalue weighted by molar-refractivity contribution is 0.582. The van der Waals surface area contributed by atoms with E-state index in [0.29, 0.717) is 16.4 Å². The number of sulfone groups is 1. The lowest BCUT2D eigenvalue weighted by Crippen LogP contribution is -2.27. The fourth-order valence-corrected chi connectivity index (χ4v) is 6.39. The molecule has 0 bridgehead atoms. The van der Waals surface area contributed by atoms with Gasteiger partial charge < -0.3 is 0 Å². The maximum absolute atomic E-state index is 12.3. The summed E-state index contributed by atoms with van der Waals surface area (Å²) in [5.41, 5.74) is 1.66. The first kappa shape index (κ1) is 14.7. The maximum atomic E-state index is 12.3. The van der Waals surface area contributed by atoms with E-state index < -0.39 is 14.0 Å². The second-order valence-electron chi connectivity index (χ2n) is 4.67. The Morgan fingerprint density at radius 2 is 1.95 bits per heavy atom. The van der Waals surface area contributed by atoms with Crippen molar-refractivity contribution >= 4 is 32.9 Å². The highest BCUT2D eigenvalue weighted by Gasteiger charge is 2.49. The van der Waals surface area contributed by atoms with Crippen molar-refractivity contribution in [3.05, 3.63) is 40.9 Å². The van der Waals surface area contributed by atoms with Crippen LogP contribution >= 0.6 is 23.1 Å². The number of rotatable bonds is 3. The Balaban J connectivity index is 2.16. The molecule has 1 aromatic carbocycles. The average molecular weight is 339 g/mol. The van der Waals surface area contributed by atoms with Gasteiger partial charge in [-0.25, -0.2) is 13.4 Å². The summed E-state index contributed by atoms with van der Waals surface area (Å²) in [6, 6.07) is 9.71. The first-order valence-corrected chi connectivity index (χ1v) is 9.89. The van der Waals surface area contributed by atoms with Gasteiger partial charge >= 0.3 is 0 Å². The summed E-state index contributed by atoms with van der Waals surface area (Å²) in [5.74, 6) is 0.352. The summed E-state index contributed by atoms with van der Waals surface area (Å²) in [7, 11) is -3.44. The van der Waals surface area contributed by atoms with Crippen LogP contribution in [0.3, 0.4) is 0 Å². The third-order valence-corrected chi connectivity index (χ3v) is 8.18. The highest BCUT2D eigenvalue weighted by atomic mass is 32.3. The fraction of sp³-hybridized carbons (Fsp3) is 0.308. The van der Waals surface area contributed by atoms with E-state index in [0.717, 1.165) is 10.6 Å². The zero-order valence-electron chi connectivity index (χ0n) is 11.5. The van der Waals surface area contributed by atoms with Gasteiger partial charge in [0, 0.05) is 11.8 Å². The molecular formula is C13H13N3O2S3. The van der Waals surface area contributed by atoms with E-state index in [1.807, 2.05) is 37.3 Å². The predicted molar refractivity (Wildman–Crippen MR) is 86.1 cm³/mol. The molecule has 3 rings (SSSR count). The van der Waals surface area contributed by atoms with Gasteiger partial charge in [0.05, 0.1) is 10.6 Å². The Labute approximate surface area is 131 Å². The summed E-state index contributed by atoms with van der Waals surface area (Å²) >= 11 is 2.59. The Morgan fingerprint density at radius 1 is 1.24 bits per heavy atom. The predicted octanol–water partition coefficient (Wildman–Crippen LogP) is 3.43. The molecule has 0 fully saturated rings. The van der Waals surface area contributed by atoms with Crippen molar-refractivity contribution in [3.8, 4) is 10.6 Å². The van der Waals surface area contributed by atoms with Crippen molar-refractivity contribution in [1.82, 2.24) is 4.98 Å². The molecule has 1 aromatic heterocycles. The molecule has 0 radical (unpaired) electrons. The summed E-state index contributed by atoms with van der Waals surface area (Å²) in [6.07, 6.45) is 1.20. The Bertz CT molecular complexity index is 799. The number of nitrogens with zero attached hydrogens (tertiary/aromatic N) is 3. The van der Waals surface area contributed by atoms with Crippen LogP contribution in [0, 0.1) is 6.92 Å². The van der Waals surface area contributed by atoms with Crippen molar-refractivity contribution in [2.75, 3.05) is 12.1 Å². The molecule has 1 aliphatic rings. The van der Waals surface area contributed by atoms with E-state index in [-0.39, 0.29) is 0 Å². The Kier molecular flexibility index (Phi) is 3.62. The number of aromatic nitrogens is 1. The molecular weight excluding hydrogens is 326 g/mol. The SMILES string of the molecule is Cc1nc(-c2ccccc2)sc1C1(S(C)(=O)=O)N=NCS1. The average Bonchev–Trinajstić information content (AvgIpc) is 3.06. The van der Waals surface area contributed by atoms with Crippen LogP contribution in [0.1, 0.15) is 10.6 Å². The van der Waals surface area contributed by atoms with E-state index >= 15 is 0 Å². The lowest BCUT2D eigenvalue weighted by Gasteiger charge is -2.20. The number of aryl methyl sites for hydroxylation is 1. The number of benzene rings is 1. The van der Waals surface area contributed by atoms with Crippen LogP contribution < -0.4 is 0 Å². The normalized spacial score (nSPS) is 21.8. The fourth-order valence-electron chi connectivity index (χ4n) is 2.12. The Morgan fingerprint density at radius 3 is 2.52 bits per heavy atom. The molecule has 0 saturated heterocycles. The third kappa shape index (κ3) is 2.41. The lowest BCUT2D eigenvalue weighted by atomic mass is 10.2. The largest absolute Gasteiger partial charge is 0.264 e. The van der Waals surface area contributed by atoms with Crippen LogP contribution in [0.2, 0.25) is 0 Å². The number of thioether (sulfide) groups is 1. The quantitative estimate of drug-likeness (QED) is 0.859. The number of thiazole rings is 1. The van der Waals surface area contributed by atoms with Crippen molar-refractivity contribution < 1.29 is 8.42 Å². The molecule has 0 saturated carbocycles. The molecule has 0 aliphatic carbocycles. The van der Waals surface area contributed by atoms with Gasteiger partial charge in [-0.05, 0) is 6.92 Å². The van der Waals surface area contributed by atoms with E-state index in [1.54, 1.807) is 0 Å². The topological polar surface area (TPSA) is 71.8 Å². The second-order valence-corrected chi connectivity index (χ2v) is 9.20. The molecule has 5 nitrogen and oxygen atoms in total. The molecule has 1 aliphatic heterocycles. The summed E-state index contributed by atoms with van der Waals surface area (Å²) in [4.78, 5) is 5.17. The van der Waals surface area contributed by atoms with E-state index in [4.69, 9.17) is 0 Å². The van der Waals surface area contributed by atoms with Gasteiger partial charge in [-0.15, -0.1) is 11.3 Å². The maximum Gasteiger partial charge on any atom is 0.264 e. The van der Waals surface area contributed by atoms with Crippen molar-refractivity contribution in [1.29, 1.82) is 0 Å². The van der Waals surface area contributed by atoms with Crippen LogP contribution in [0.5, 0.6) is 0 Å². The highest BCUT2D eigenvalue weighted by Crippen LogP contribution is 2.50. The summed E-state index contributed by atoms with van der Waals surface area (Å²) in [6.45, 7) is 1.82. The van der Waals surface area contributed by atoms with Crippen LogP contribution in [-0.2, 0) is 14.0 Å². The number of hydrogen-bond acceptors (Lipinski definition) is 7. The zero-order valence-corrected chi connectivity index (χ0v) is 13.9. The highest BCUT2D eigenvalue weighted by molar-refractivity contribution is 8.14. The molecule has 1 unspecified atom stereocenters. The molecule has 2 aromatic rings. The van der Waals surface area contributed by atoms with Gasteiger partial charge in [0.25, 0.3) is 4.20 Å². The van der Waals surface area contributed by atoms with Crippen molar-refractivity contribution in [3.63, 3.8) is 0 Å². The minimum atomic E-state index is -3.44. The van der Waals surface area contributed by atoms with Gasteiger partial charge in [0.2, 0.25) is 0 Å². The van der Waals surface area contributed by atoms with Crippen LogP contribution in [0.25, 0.3) is 10.6 Å². The van der Waals surface area contributed by atoms with Crippen molar-refractivity contribution in [2.45, 2.75) is 11.1 Å². The smallest absolute Gasteiger partial charge is 0.241 e.